The van der Waals surface area contributed by atoms with Gasteiger partial charge in [0.1, 0.15) is 5.75 Å². The summed E-state index contributed by atoms with van der Waals surface area (Å²) in [6.07, 6.45) is 4.39. The van der Waals surface area contributed by atoms with Crippen molar-refractivity contribution >= 4 is 5.97 Å². The quantitative estimate of drug-likeness (QED) is 0.818. The van der Waals surface area contributed by atoms with Crippen molar-refractivity contribution in [2.45, 2.75) is 31.6 Å². The van der Waals surface area contributed by atoms with Crippen LogP contribution >= 0.6 is 0 Å². The Morgan fingerprint density at radius 3 is 2.59 bits per heavy atom. The molecule has 1 aliphatic carbocycles. The number of esters is 1. The molecule has 0 saturated heterocycles. The predicted molar refractivity (Wildman–Crippen MR) is 64.8 cm³/mol. The molecule has 1 aromatic rings. The van der Waals surface area contributed by atoms with E-state index in [9.17, 15) is 9.90 Å². The average Bonchev–Trinajstić information content (AvgIpc) is 2.85. The molecule has 0 heterocycles. The molecule has 1 atom stereocenters. The van der Waals surface area contributed by atoms with Crippen LogP contribution in [0.4, 0.5) is 0 Å². The second-order valence-corrected chi connectivity index (χ2v) is 4.60. The molecule has 1 fully saturated rings. The normalized spacial score (nSPS) is 17.9. The third kappa shape index (κ3) is 2.43. The number of phenolic OH excluding ortho intramolecular Hbond substituents is 1. The highest BCUT2D eigenvalue weighted by Crippen LogP contribution is 2.40. The van der Waals surface area contributed by atoms with Gasteiger partial charge in [-0.15, -0.1) is 0 Å². The van der Waals surface area contributed by atoms with Crippen molar-refractivity contribution in [2.24, 2.45) is 5.92 Å². The highest BCUT2D eigenvalue weighted by atomic mass is 16.5. The standard InChI is InChI=1S/C14H18O3/c1-17-14(16)13(10-6-2-3-7-10)11-8-4-5-9-12(11)15/h4-5,8-10,13,15H,2-3,6-7H2,1H3. The van der Waals surface area contributed by atoms with Gasteiger partial charge in [-0.2, -0.15) is 0 Å². The van der Waals surface area contributed by atoms with Crippen molar-refractivity contribution in [3.05, 3.63) is 29.8 Å². The van der Waals surface area contributed by atoms with E-state index in [0.29, 0.717) is 11.5 Å². The van der Waals surface area contributed by atoms with E-state index in [0.717, 1.165) is 25.7 Å². The molecule has 0 bridgehead atoms. The fraction of sp³-hybridized carbons (Fsp3) is 0.500. The maximum atomic E-state index is 11.9. The van der Waals surface area contributed by atoms with Gasteiger partial charge in [0.25, 0.3) is 0 Å². The van der Waals surface area contributed by atoms with E-state index in [4.69, 9.17) is 4.74 Å². The van der Waals surface area contributed by atoms with Crippen molar-refractivity contribution < 1.29 is 14.6 Å². The summed E-state index contributed by atoms with van der Waals surface area (Å²) in [5.41, 5.74) is 0.700. The Labute approximate surface area is 101 Å². The monoisotopic (exact) mass is 234 g/mol. The van der Waals surface area contributed by atoms with Gasteiger partial charge in [0.2, 0.25) is 0 Å². The predicted octanol–water partition coefficient (Wildman–Crippen LogP) is 2.84. The Balaban J connectivity index is 2.32. The molecule has 0 aromatic heterocycles. The number of carbonyl (C=O) groups is 1. The molecule has 0 radical (unpaired) electrons. The SMILES string of the molecule is COC(=O)C(c1ccccc1O)C1CCCC1. The van der Waals surface area contributed by atoms with Crippen molar-refractivity contribution in [3.8, 4) is 5.75 Å². The average molecular weight is 234 g/mol. The molecule has 3 nitrogen and oxygen atoms in total. The Bertz CT molecular complexity index is 394. The van der Waals surface area contributed by atoms with Crippen LogP contribution < -0.4 is 0 Å². The number of ether oxygens (including phenoxy) is 1. The number of para-hydroxylation sites is 1. The highest BCUT2D eigenvalue weighted by Gasteiger charge is 2.34. The molecular formula is C14H18O3. The van der Waals surface area contributed by atoms with Gasteiger partial charge in [-0.3, -0.25) is 4.79 Å². The second-order valence-electron chi connectivity index (χ2n) is 4.60. The topological polar surface area (TPSA) is 46.5 Å². The molecule has 17 heavy (non-hydrogen) atoms. The lowest BCUT2D eigenvalue weighted by molar-refractivity contribution is -0.143. The molecular weight excluding hydrogens is 216 g/mol. The Hall–Kier alpha value is -1.51. The lowest BCUT2D eigenvalue weighted by atomic mass is 9.84. The van der Waals surface area contributed by atoms with E-state index < -0.39 is 0 Å². The molecule has 1 N–H and O–H groups in total. The summed E-state index contributed by atoms with van der Waals surface area (Å²) in [6.45, 7) is 0. The summed E-state index contributed by atoms with van der Waals surface area (Å²) in [7, 11) is 1.41. The summed E-state index contributed by atoms with van der Waals surface area (Å²) >= 11 is 0. The first-order chi connectivity index (χ1) is 8.24. The van der Waals surface area contributed by atoms with Crippen LogP contribution in [0.25, 0.3) is 0 Å². The molecule has 0 amide bonds. The van der Waals surface area contributed by atoms with E-state index in [-0.39, 0.29) is 17.6 Å². The zero-order valence-corrected chi connectivity index (χ0v) is 10.1. The molecule has 0 spiro atoms. The first-order valence-electron chi connectivity index (χ1n) is 6.09. The lowest BCUT2D eigenvalue weighted by Gasteiger charge is -2.22. The van der Waals surface area contributed by atoms with E-state index >= 15 is 0 Å². The zero-order chi connectivity index (χ0) is 12.3. The molecule has 3 heteroatoms. The lowest BCUT2D eigenvalue weighted by Crippen LogP contribution is -2.21. The van der Waals surface area contributed by atoms with Gasteiger partial charge in [-0.05, 0) is 24.8 Å². The minimum Gasteiger partial charge on any atom is -0.508 e. The number of hydrogen-bond acceptors (Lipinski definition) is 3. The van der Waals surface area contributed by atoms with Crippen LogP contribution in [0.2, 0.25) is 0 Å². The van der Waals surface area contributed by atoms with Gasteiger partial charge >= 0.3 is 5.97 Å². The Morgan fingerprint density at radius 1 is 1.35 bits per heavy atom. The Kier molecular flexibility index (Phi) is 3.67. The smallest absolute Gasteiger partial charge is 0.313 e. The van der Waals surface area contributed by atoms with Crippen LogP contribution in [0.5, 0.6) is 5.75 Å². The fourth-order valence-electron chi connectivity index (χ4n) is 2.74. The van der Waals surface area contributed by atoms with Crippen molar-refractivity contribution in [1.29, 1.82) is 0 Å². The minimum absolute atomic E-state index is 0.190. The number of phenols is 1. The van der Waals surface area contributed by atoms with Gasteiger partial charge in [0.05, 0.1) is 13.0 Å². The van der Waals surface area contributed by atoms with E-state index in [1.165, 1.54) is 7.11 Å². The van der Waals surface area contributed by atoms with E-state index in [2.05, 4.69) is 0 Å². The van der Waals surface area contributed by atoms with Crippen molar-refractivity contribution in [3.63, 3.8) is 0 Å². The summed E-state index contributed by atoms with van der Waals surface area (Å²) in [5, 5.41) is 9.88. The van der Waals surface area contributed by atoms with Crippen LogP contribution in [0.15, 0.2) is 24.3 Å². The van der Waals surface area contributed by atoms with Crippen LogP contribution in [-0.2, 0) is 9.53 Å². The fourth-order valence-corrected chi connectivity index (χ4v) is 2.74. The third-order valence-corrected chi connectivity index (χ3v) is 3.60. The summed E-state index contributed by atoms with van der Waals surface area (Å²) in [6, 6.07) is 7.05. The number of hydrogen-bond donors (Lipinski definition) is 1. The maximum Gasteiger partial charge on any atom is 0.313 e. The minimum atomic E-state index is -0.316. The van der Waals surface area contributed by atoms with E-state index in [1.807, 2.05) is 12.1 Å². The van der Waals surface area contributed by atoms with Crippen molar-refractivity contribution in [2.75, 3.05) is 7.11 Å². The molecule has 1 saturated carbocycles. The number of methoxy groups -OCH3 is 1. The molecule has 1 aromatic carbocycles. The summed E-state index contributed by atoms with van der Waals surface area (Å²) in [5.74, 6) is -0.0624. The molecule has 1 unspecified atom stereocenters. The van der Waals surface area contributed by atoms with Crippen LogP contribution in [-0.4, -0.2) is 18.2 Å². The zero-order valence-electron chi connectivity index (χ0n) is 10.1. The molecule has 1 aliphatic rings. The number of benzene rings is 1. The van der Waals surface area contributed by atoms with Crippen molar-refractivity contribution in [1.82, 2.24) is 0 Å². The third-order valence-electron chi connectivity index (χ3n) is 3.60. The molecule has 92 valence electrons. The summed E-state index contributed by atoms with van der Waals surface area (Å²) < 4.78 is 4.88. The van der Waals surface area contributed by atoms with Crippen LogP contribution in [0.3, 0.4) is 0 Å². The first-order valence-corrected chi connectivity index (χ1v) is 6.09. The maximum absolute atomic E-state index is 11.9. The number of rotatable bonds is 3. The van der Waals surface area contributed by atoms with Crippen LogP contribution in [0, 0.1) is 5.92 Å². The first kappa shape index (κ1) is 12.0. The number of carbonyl (C=O) groups excluding carboxylic acids is 1. The largest absolute Gasteiger partial charge is 0.508 e. The molecule has 0 aliphatic heterocycles. The highest BCUT2D eigenvalue weighted by molar-refractivity contribution is 5.79. The molecule has 2 rings (SSSR count). The van der Waals surface area contributed by atoms with Gasteiger partial charge in [0.15, 0.2) is 0 Å². The van der Waals surface area contributed by atoms with Crippen LogP contribution in [0.1, 0.15) is 37.2 Å². The summed E-state index contributed by atoms with van der Waals surface area (Å²) in [4.78, 5) is 11.9. The van der Waals surface area contributed by atoms with E-state index in [1.54, 1.807) is 12.1 Å². The number of aromatic hydroxyl groups is 1. The second kappa shape index (κ2) is 5.21. The Morgan fingerprint density at radius 2 is 2.00 bits per heavy atom. The van der Waals surface area contributed by atoms with Gasteiger partial charge < -0.3 is 9.84 Å². The van der Waals surface area contributed by atoms with Gasteiger partial charge in [-0.25, -0.2) is 0 Å². The van der Waals surface area contributed by atoms with Gasteiger partial charge in [0, 0.05) is 5.56 Å². The van der Waals surface area contributed by atoms with Gasteiger partial charge in [-0.1, -0.05) is 31.0 Å².